The Balaban J connectivity index is 1.73. The van der Waals surface area contributed by atoms with Gasteiger partial charge in [-0.1, -0.05) is 0 Å². The third-order valence-electron chi connectivity index (χ3n) is 4.20. The van der Waals surface area contributed by atoms with Crippen molar-refractivity contribution in [2.24, 2.45) is 0 Å². The monoisotopic (exact) mass is 346 g/mol. The molecule has 0 unspecified atom stereocenters. The number of hydrogen-bond acceptors (Lipinski definition) is 6. The van der Waals surface area contributed by atoms with E-state index in [9.17, 15) is 9.59 Å². The van der Waals surface area contributed by atoms with Gasteiger partial charge in [-0.05, 0) is 26.0 Å². The van der Waals surface area contributed by atoms with Crippen LogP contribution in [0.2, 0.25) is 0 Å². The summed E-state index contributed by atoms with van der Waals surface area (Å²) in [7, 11) is 0. The highest BCUT2D eigenvalue weighted by Gasteiger charge is 2.26. The summed E-state index contributed by atoms with van der Waals surface area (Å²) in [6, 6.07) is 3.71. The number of hydrogen-bond donors (Lipinski definition) is 2. The SMILES string of the molecule is Cc1ncc(C(=O)NC[C@@H](c2ccc(C)o2)N2CCOCC2)c(=O)[nH]1. The van der Waals surface area contributed by atoms with Crippen molar-refractivity contribution in [3.8, 4) is 0 Å². The van der Waals surface area contributed by atoms with Gasteiger partial charge in [0, 0.05) is 25.8 Å². The first-order valence-corrected chi connectivity index (χ1v) is 8.27. The van der Waals surface area contributed by atoms with Gasteiger partial charge in [-0.2, -0.15) is 0 Å². The third kappa shape index (κ3) is 4.15. The maximum atomic E-state index is 12.4. The van der Waals surface area contributed by atoms with Crippen LogP contribution < -0.4 is 10.9 Å². The van der Waals surface area contributed by atoms with Crippen LogP contribution in [0.1, 0.15) is 33.7 Å². The number of amides is 1. The van der Waals surface area contributed by atoms with Crippen LogP contribution in [0.25, 0.3) is 0 Å². The van der Waals surface area contributed by atoms with Crippen molar-refractivity contribution < 1.29 is 13.9 Å². The molecule has 0 spiro atoms. The smallest absolute Gasteiger partial charge is 0.263 e. The number of aromatic nitrogens is 2. The zero-order valence-corrected chi connectivity index (χ0v) is 14.4. The first-order chi connectivity index (χ1) is 12.0. The molecule has 1 aliphatic heterocycles. The van der Waals surface area contributed by atoms with Crippen LogP contribution in [0.4, 0.5) is 0 Å². The Morgan fingerprint density at radius 3 is 2.76 bits per heavy atom. The van der Waals surface area contributed by atoms with Crippen molar-refractivity contribution in [2.75, 3.05) is 32.8 Å². The van der Waals surface area contributed by atoms with Crippen molar-refractivity contribution in [1.29, 1.82) is 0 Å². The van der Waals surface area contributed by atoms with Crippen molar-refractivity contribution >= 4 is 5.91 Å². The van der Waals surface area contributed by atoms with Gasteiger partial charge in [0.1, 0.15) is 22.9 Å². The lowest BCUT2D eigenvalue weighted by atomic mass is 10.1. The summed E-state index contributed by atoms with van der Waals surface area (Å²) in [5.41, 5.74) is -0.441. The number of ether oxygens (including phenoxy) is 1. The Labute approximate surface area is 145 Å². The summed E-state index contributed by atoms with van der Waals surface area (Å²) in [6.07, 6.45) is 1.30. The second-order valence-electron chi connectivity index (χ2n) is 6.03. The van der Waals surface area contributed by atoms with Crippen molar-refractivity contribution in [1.82, 2.24) is 20.2 Å². The number of aryl methyl sites for hydroxylation is 2. The molecule has 25 heavy (non-hydrogen) atoms. The molecule has 0 bridgehead atoms. The number of nitrogens with one attached hydrogen (secondary N) is 2. The van der Waals surface area contributed by atoms with Gasteiger partial charge in [0.15, 0.2) is 0 Å². The van der Waals surface area contributed by atoms with E-state index in [1.807, 2.05) is 19.1 Å². The van der Waals surface area contributed by atoms with Gasteiger partial charge in [-0.15, -0.1) is 0 Å². The minimum absolute atomic E-state index is 0.00181. The summed E-state index contributed by atoms with van der Waals surface area (Å²) in [6.45, 7) is 6.68. The summed E-state index contributed by atoms with van der Waals surface area (Å²) in [5.74, 6) is 1.63. The van der Waals surface area contributed by atoms with E-state index in [4.69, 9.17) is 9.15 Å². The lowest BCUT2D eigenvalue weighted by Crippen LogP contribution is -2.44. The highest BCUT2D eigenvalue weighted by molar-refractivity contribution is 5.93. The molecule has 8 heteroatoms. The molecule has 2 aromatic heterocycles. The Morgan fingerprint density at radius 2 is 2.12 bits per heavy atom. The molecule has 1 aliphatic rings. The zero-order chi connectivity index (χ0) is 17.8. The van der Waals surface area contributed by atoms with Crippen molar-refractivity contribution in [3.05, 3.63) is 51.6 Å². The van der Waals surface area contributed by atoms with Crippen LogP contribution in [0.5, 0.6) is 0 Å². The van der Waals surface area contributed by atoms with E-state index in [1.54, 1.807) is 6.92 Å². The van der Waals surface area contributed by atoms with Gasteiger partial charge >= 0.3 is 0 Å². The van der Waals surface area contributed by atoms with E-state index < -0.39 is 11.5 Å². The zero-order valence-electron chi connectivity index (χ0n) is 14.4. The Bertz CT molecular complexity index is 792. The van der Waals surface area contributed by atoms with Gasteiger partial charge in [-0.3, -0.25) is 14.5 Å². The number of H-pyrrole nitrogens is 1. The molecular weight excluding hydrogens is 324 g/mol. The molecule has 1 fully saturated rings. The van der Waals surface area contributed by atoms with Crippen molar-refractivity contribution in [3.63, 3.8) is 0 Å². The van der Waals surface area contributed by atoms with Crippen LogP contribution in [-0.4, -0.2) is 53.6 Å². The summed E-state index contributed by atoms with van der Waals surface area (Å²) in [4.78, 5) is 33.0. The van der Waals surface area contributed by atoms with Gasteiger partial charge in [0.05, 0.1) is 19.3 Å². The van der Waals surface area contributed by atoms with Gasteiger partial charge in [0.25, 0.3) is 11.5 Å². The van der Waals surface area contributed by atoms with E-state index >= 15 is 0 Å². The number of rotatable bonds is 5. The summed E-state index contributed by atoms with van der Waals surface area (Å²) < 4.78 is 11.2. The van der Waals surface area contributed by atoms with Gasteiger partial charge < -0.3 is 19.5 Å². The molecule has 1 amide bonds. The molecule has 134 valence electrons. The normalized spacial score (nSPS) is 16.6. The molecule has 1 atom stereocenters. The van der Waals surface area contributed by atoms with E-state index in [2.05, 4.69) is 20.2 Å². The topological polar surface area (TPSA) is 100 Å². The molecule has 0 aliphatic carbocycles. The number of aromatic amines is 1. The minimum atomic E-state index is -0.449. The van der Waals surface area contributed by atoms with E-state index in [1.165, 1.54) is 6.20 Å². The lowest BCUT2D eigenvalue weighted by Gasteiger charge is -2.33. The predicted octanol–water partition coefficient (Wildman–Crippen LogP) is 0.783. The Kier molecular flexibility index (Phi) is 5.30. The summed E-state index contributed by atoms with van der Waals surface area (Å²) in [5, 5.41) is 2.82. The molecule has 3 rings (SSSR count). The standard InChI is InChI=1S/C17H22N4O4/c1-11-3-4-15(25-11)14(21-5-7-24-8-6-21)10-19-16(22)13-9-18-12(2)20-17(13)23/h3-4,9,14H,5-8,10H2,1-2H3,(H,19,22)(H,18,20,23)/t14-/m0/s1. The molecule has 0 radical (unpaired) electrons. The van der Waals surface area contributed by atoms with Crippen molar-refractivity contribution in [2.45, 2.75) is 19.9 Å². The molecular formula is C17H22N4O4. The van der Waals surface area contributed by atoms with E-state index in [0.29, 0.717) is 25.6 Å². The molecule has 8 nitrogen and oxygen atoms in total. The van der Waals surface area contributed by atoms with Crippen LogP contribution >= 0.6 is 0 Å². The number of nitrogens with zero attached hydrogens (tertiary/aromatic N) is 2. The highest BCUT2D eigenvalue weighted by Crippen LogP contribution is 2.23. The number of furan rings is 1. The number of morpholine rings is 1. The number of carbonyl (C=O) groups excluding carboxylic acids is 1. The van der Waals surface area contributed by atoms with Gasteiger partial charge in [0.2, 0.25) is 0 Å². The van der Waals surface area contributed by atoms with Crippen LogP contribution in [0, 0.1) is 13.8 Å². The second kappa shape index (κ2) is 7.62. The first-order valence-electron chi connectivity index (χ1n) is 8.27. The fourth-order valence-electron chi connectivity index (χ4n) is 2.86. The maximum Gasteiger partial charge on any atom is 0.263 e. The third-order valence-corrected chi connectivity index (χ3v) is 4.20. The summed E-state index contributed by atoms with van der Waals surface area (Å²) >= 11 is 0. The fourth-order valence-corrected chi connectivity index (χ4v) is 2.86. The molecule has 0 aromatic carbocycles. The quantitative estimate of drug-likeness (QED) is 0.830. The molecule has 2 aromatic rings. The highest BCUT2D eigenvalue weighted by atomic mass is 16.5. The molecule has 1 saturated heterocycles. The number of carbonyl (C=O) groups is 1. The maximum absolute atomic E-state index is 12.4. The Hall–Kier alpha value is -2.45. The largest absolute Gasteiger partial charge is 0.465 e. The lowest BCUT2D eigenvalue weighted by molar-refractivity contribution is 0.0117. The minimum Gasteiger partial charge on any atom is -0.465 e. The van der Waals surface area contributed by atoms with E-state index in [-0.39, 0.29) is 11.6 Å². The average molecular weight is 346 g/mol. The first kappa shape index (κ1) is 17.4. The van der Waals surface area contributed by atoms with Crippen LogP contribution in [0.3, 0.4) is 0 Å². The average Bonchev–Trinajstić information content (AvgIpc) is 3.02. The fraction of sp³-hybridized carbons (Fsp3) is 0.471. The predicted molar refractivity (Wildman–Crippen MR) is 90.5 cm³/mol. The Morgan fingerprint density at radius 1 is 1.36 bits per heavy atom. The molecule has 0 saturated carbocycles. The van der Waals surface area contributed by atoms with Crippen LogP contribution in [-0.2, 0) is 4.74 Å². The van der Waals surface area contributed by atoms with Gasteiger partial charge in [-0.25, -0.2) is 4.98 Å². The van der Waals surface area contributed by atoms with Crippen LogP contribution in [0.15, 0.2) is 27.5 Å². The molecule has 3 heterocycles. The molecule has 2 N–H and O–H groups in total. The van der Waals surface area contributed by atoms with E-state index in [0.717, 1.165) is 24.6 Å². The second-order valence-corrected chi connectivity index (χ2v) is 6.03.